The first-order valence-corrected chi connectivity index (χ1v) is 9.22. The van der Waals surface area contributed by atoms with Crippen LogP contribution < -0.4 is 4.74 Å². The standard InChI is InChI=1S/C22H24O5/c1-4-6-11-26-18-10-8-7-9-16(18)15-12-17(23)20-14(3)21(22(24)25-5-2)27-19(20)13-15/h7-10,12-13,23H,4-6,11H2,1-3H3. The first-order valence-electron chi connectivity index (χ1n) is 9.22. The van der Waals surface area contributed by atoms with Crippen LogP contribution in [0.4, 0.5) is 0 Å². The molecule has 5 nitrogen and oxygen atoms in total. The van der Waals surface area contributed by atoms with Gasteiger partial charge in [0.15, 0.2) is 0 Å². The number of esters is 1. The van der Waals surface area contributed by atoms with E-state index >= 15 is 0 Å². The predicted molar refractivity (Wildman–Crippen MR) is 104 cm³/mol. The summed E-state index contributed by atoms with van der Waals surface area (Å²) in [6, 6.07) is 11.2. The Morgan fingerprint density at radius 1 is 1.19 bits per heavy atom. The van der Waals surface area contributed by atoms with Crippen LogP contribution in [0, 0.1) is 6.92 Å². The van der Waals surface area contributed by atoms with Gasteiger partial charge in [-0.3, -0.25) is 0 Å². The Labute approximate surface area is 158 Å². The van der Waals surface area contributed by atoms with Crippen molar-refractivity contribution in [3.8, 4) is 22.6 Å². The summed E-state index contributed by atoms with van der Waals surface area (Å²) in [5, 5.41) is 11.1. The fourth-order valence-corrected chi connectivity index (χ4v) is 3.06. The molecule has 0 aliphatic rings. The third-order valence-electron chi connectivity index (χ3n) is 4.42. The van der Waals surface area contributed by atoms with E-state index in [1.54, 1.807) is 19.9 Å². The van der Waals surface area contributed by atoms with E-state index in [1.807, 2.05) is 30.3 Å². The van der Waals surface area contributed by atoms with E-state index < -0.39 is 5.97 Å². The number of para-hydroxylation sites is 1. The second kappa shape index (κ2) is 8.16. The lowest BCUT2D eigenvalue weighted by atomic mass is 10.0. The average Bonchev–Trinajstić information content (AvgIpc) is 3.00. The first-order chi connectivity index (χ1) is 13.1. The molecule has 3 aromatic rings. The van der Waals surface area contributed by atoms with Crippen molar-refractivity contribution < 1.29 is 23.8 Å². The number of furan rings is 1. The number of aromatic hydroxyl groups is 1. The highest BCUT2D eigenvalue weighted by molar-refractivity contribution is 6.00. The van der Waals surface area contributed by atoms with Crippen molar-refractivity contribution >= 4 is 16.9 Å². The highest BCUT2D eigenvalue weighted by atomic mass is 16.5. The molecule has 0 aliphatic carbocycles. The lowest BCUT2D eigenvalue weighted by molar-refractivity contribution is 0.0491. The number of hydrogen-bond acceptors (Lipinski definition) is 5. The minimum absolute atomic E-state index is 0.0580. The largest absolute Gasteiger partial charge is 0.507 e. The maximum Gasteiger partial charge on any atom is 0.374 e. The molecule has 0 radical (unpaired) electrons. The minimum atomic E-state index is -0.532. The summed E-state index contributed by atoms with van der Waals surface area (Å²) in [5.74, 6) is 0.392. The number of phenolic OH excluding ortho intramolecular Hbond substituents is 1. The Hall–Kier alpha value is -2.95. The molecule has 1 heterocycles. The molecule has 2 aromatic carbocycles. The fourth-order valence-electron chi connectivity index (χ4n) is 3.06. The van der Waals surface area contributed by atoms with Gasteiger partial charge in [-0.15, -0.1) is 0 Å². The van der Waals surface area contributed by atoms with Crippen molar-refractivity contribution in [2.45, 2.75) is 33.6 Å². The Balaban J connectivity index is 2.06. The number of ether oxygens (including phenoxy) is 2. The molecule has 142 valence electrons. The van der Waals surface area contributed by atoms with E-state index in [0.717, 1.165) is 29.7 Å². The molecular weight excluding hydrogens is 344 g/mol. The zero-order chi connectivity index (χ0) is 19.4. The molecule has 5 heteroatoms. The molecule has 0 fully saturated rings. The molecule has 0 spiro atoms. The molecule has 0 atom stereocenters. The molecule has 27 heavy (non-hydrogen) atoms. The molecule has 1 aromatic heterocycles. The van der Waals surface area contributed by atoms with Crippen LogP contribution in [0.5, 0.6) is 11.5 Å². The predicted octanol–water partition coefficient (Wildman–Crippen LogP) is 5.47. The lowest BCUT2D eigenvalue weighted by Gasteiger charge is -2.12. The summed E-state index contributed by atoms with van der Waals surface area (Å²) in [4.78, 5) is 12.1. The minimum Gasteiger partial charge on any atom is -0.507 e. The van der Waals surface area contributed by atoms with Gasteiger partial charge in [0.25, 0.3) is 0 Å². The second-order valence-electron chi connectivity index (χ2n) is 6.34. The van der Waals surface area contributed by atoms with Gasteiger partial charge in [-0.2, -0.15) is 0 Å². The quantitative estimate of drug-likeness (QED) is 0.442. The van der Waals surface area contributed by atoms with Gasteiger partial charge in [0.2, 0.25) is 5.76 Å². The van der Waals surface area contributed by atoms with E-state index in [4.69, 9.17) is 13.9 Å². The summed E-state index contributed by atoms with van der Waals surface area (Å²) >= 11 is 0. The maximum atomic E-state index is 12.1. The van der Waals surface area contributed by atoms with E-state index in [9.17, 15) is 9.90 Å². The summed E-state index contributed by atoms with van der Waals surface area (Å²) < 4.78 is 16.6. The van der Waals surface area contributed by atoms with Gasteiger partial charge < -0.3 is 19.0 Å². The van der Waals surface area contributed by atoms with E-state index in [2.05, 4.69) is 6.92 Å². The molecule has 0 aliphatic heterocycles. The number of carbonyl (C=O) groups is 1. The van der Waals surface area contributed by atoms with E-state index in [0.29, 0.717) is 23.1 Å². The Bertz CT molecular complexity index is 955. The maximum absolute atomic E-state index is 12.1. The zero-order valence-electron chi connectivity index (χ0n) is 15.9. The molecule has 0 saturated heterocycles. The van der Waals surface area contributed by atoms with Crippen molar-refractivity contribution in [2.24, 2.45) is 0 Å². The Morgan fingerprint density at radius 2 is 1.96 bits per heavy atom. The number of phenols is 1. The van der Waals surface area contributed by atoms with Crippen LogP contribution in [-0.2, 0) is 4.74 Å². The summed E-state index contributed by atoms with van der Waals surface area (Å²) in [5.41, 5.74) is 2.63. The smallest absolute Gasteiger partial charge is 0.374 e. The summed E-state index contributed by atoms with van der Waals surface area (Å²) in [7, 11) is 0. The Morgan fingerprint density at radius 3 is 2.70 bits per heavy atom. The highest BCUT2D eigenvalue weighted by Gasteiger charge is 2.22. The van der Waals surface area contributed by atoms with Crippen LogP contribution in [0.1, 0.15) is 42.8 Å². The normalized spacial score (nSPS) is 10.9. The van der Waals surface area contributed by atoms with Crippen molar-refractivity contribution in [2.75, 3.05) is 13.2 Å². The van der Waals surface area contributed by atoms with Crippen molar-refractivity contribution in [3.63, 3.8) is 0 Å². The molecule has 3 rings (SSSR count). The van der Waals surface area contributed by atoms with Gasteiger partial charge in [0.05, 0.1) is 18.6 Å². The Kier molecular flexibility index (Phi) is 5.69. The van der Waals surface area contributed by atoms with Gasteiger partial charge in [-0.1, -0.05) is 31.5 Å². The van der Waals surface area contributed by atoms with Crippen LogP contribution in [-0.4, -0.2) is 24.3 Å². The number of unbranched alkanes of at least 4 members (excludes halogenated alkanes) is 1. The van der Waals surface area contributed by atoms with Crippen LogP contribution in [0.15, 0.2) is 40.8 Å². The van der Waals surface area contributed by atoms with E-state index in [1.165, 1.54) is 0 Å². The molecule has 0 bridgehead atoms. The molecule has 0 saturated carbocycles. The molecule has 1 N–H and O–H groups in total. The number of aryl methyl sites for hydroxylation is 1. The van der Waals surface area contributed by atoms with Gasteiger partial charge in [-0.25, -0.2) is 4.79 Å². The topological polar surface area (TPSA) is 68.9 Å². The summed E-state index contributed by atoms with van der Waals surface area (Å²) in [6.07, 6.45) is 2.02. The number of hydrogen-bond donors (Lipinski definition) is 1. The SMILES string of the molecule is CCCCOc1ccccc1-c1cc(O)c2c(C)c(C(=O)OCC)oc2c1. The lowest BCUT2D eigenvalue weighted by Crippen LogP contribution is -2.04. The first kappa shape index (κ1) is 18.8. The number of carbonyl (C=O) groups excluding carboxylic acids is 1. The average molecular weight is 368 g/mol. The van der Waals surface area contributed by atoms with Gasteiger partial charge in [0.1, 0.15) is 17.1 Å². The van der Waals surface area contributed by atoms with Crippen LogP contribution in [0.3, 0.4) is 0 Å². The fraction of sp³-hybridized carbons (Fsp3) is 0.318. The number of rotatable bonds is 7. The zero-order valence-corrected chi connectivity index (χ0v) is 15.9. The summed E-state index contributed by atoms with van der Waals surface area (Å²) in [6.45, 7) is 6.48. The number of fused-ring (bicyclic) bond motifs is 1. The van der Waals surface area contributed by atoms with Gasteiger partial charge in [-0.05, 0) is 44.0 Å². The highest BCUT2D eigenvalue weighted by Crippen LogP contribution is 2.39. The molecule has 0 amide bonds. The van der Waals surface area contributed by atoms with Crippen molar-refractivity contribution in [3.05, 3.63) is 47.7 Å². The van der Waals surface area contributed by atoms with Crippen molar-refractivity contribution in [1.29, 1.82) is 0 Å². The van der Waals surface area contributed by atoms with Crippen LogP contribution in [0.2, 0.25) is 0 Å². The van der Waals surface area contributed by atoms with Gasteiger partial charge >= 0.3 is 5.97 Å². The monoisotopic (exact) mass is 368 g/mol. The van der Waals surface area contributed by atoms with Gasteiger partial charge in [0, 0.05) is 11.1 Å². The molecule has 0 unspecified atom stereocenters. The third kappa shape index (κ3) is 3.77. The third-order valence-corrected chi connectivity index (χ3v) is 4.42. The molecular formula is C22H24O5. The van der Waals surface area contributed by atoms with E-state index in [-0.39, 0.29) is 18.1 Å². The van der Waals surface area contributed by atoms with Crippen molar-refractivity contribution in [1.82, 2.24) is 0 Å². The number of benzene rings is 2. The van der Waals surface area contributed by atoms with Crippen LogP contribution >= 0.6 is 0 Å². The van der Waals surface area contributed by atoms with Crippen LogP contribution in [0.25, 0.3) is 22.1 Å². The second-order valence-corrected chi connectivity index (χ2v) is 6.34.